The molecule has 1 heterocycles. The van der Waals surface area contributed by atoms with Crippen LogP contribution in [-0.4, -0.2) is 9.78 Å². The molecule has 0 fully saturated rings. The Morgan fingerprint density at radius 2 is 1.50 bits per heavy atom. The summed E-state index contributed by atoms with van der Waals surface area (Å²) in [6.07, 6.45) is 0. The van der Waals surface area contributed by atoms with E-state index in [1.165, 1.54) is 18.2 Å². The minimum Gasteiger partial charge on any atom is -0.224 e. The van der Waals surface area contributed by atoms with Crippen LogP contribution >= 0.6 is 67.8 Å². The third-order valence-electron chi connectivity index (χ3n) is 2.67. The number of benzene rings is 2. The van der Waals surface area contributed by atoms with Crippen LogP contribution in [0, 0.1) is 10.8 Å². The van der Waals surface area contributed by atoms with E-state index >= 15 is 0 Å². The van der Waals surface area contributed by atoms with Gasteiger partial charge in [-0.25, -0.2) is 4.68 Å². The van der Waals surface area contributed by atoms with E-state index in [1.54, 1.807) is 0 Å². The lowest BCUT2D eigenvalue weighted by Crippen LogP contribution is -2.03. The second kappa shape index (κ2) is 5.23. The third-order valence-corrected chi connectivity index (χ3v) is 5.45. The molecule has 0 bridgehead atoms. The molecule has 0 aliphatic carbocycles. The first-order valence-corrected chi connectivity index (χ1v) is 8.50. The number of nitrogens with zero attached hydrogens (tertiary/aromatic N) is 2. The zero-order valence-corrected chi connectivity index (χ0v) is 15.5. The summed E-state index contributed by atoms with van der Waals surface area (Å²) < 4.78 is 5.62. The fraction of sp³-hybridized carbons (Fsp3) is 0. The van der Waals surface area contributed by atoms with Crippen LogP contribution in [0.15, 0.2) is 42.5 Å². The Kier molecular flexibility index (Phi) is 3.81. The maximum absolute atomic E-state index is 4.70. The fourth-order valence-corrected chi connectivity index (χ4v) is 4.62. The van der Waals surface area contributed by atoms with Crippen LogP contribution in [0.4, 0.5) is 0 Å². The number of halogens is 3. The van der Waals surface area contributed by atoms with Crippen molar-refractivity contribution in [2.45, 2.75) is 0 Å². The van der Waals surface area contributed by atoms with E-state index in [2.05, 4.69) is 104 Å². The molecule has 0 saturated heterocycles. The smallest absolute Gasteiger partial charge is 0.113 e. The molecule has 0 aliphatic rings. The van der Waals surface area contributed by atoms with Crippen LogP contribution in [0.3, 0.4) is 0 Å². The normalized spacial score (nSPS) is 11.1. The first-order valence-electron chi connectivity index (χ1n) is 5.26. The molecule has 5 heteroatoms. The van der Waals surface area contributed by atoms with E-state index in [1.807, 2.05) is 10.7 Å². The fourth-order valence-electron chi connectivity index (χ4n) is 1.84. The standard InChI is InChI=1S/C13H7I3N2/c14-9-5-3-6-10(15)12(9)18-13(16)8-4-1-2-7-11(8)17-18/h1-7H. The Balaban J connectivity index is 2.36. The molecular formula is C13H7I3N2. The molecule has 0 radical (unpaired) electrons. The molecule has 90 valence electrons. The Labute approximate surface area is 146 Å². The summed E-state index contributed by atoms with van der Waals surface area (Å²) in [5, 5.41) is 5.91. The molecule has 18 heavy (non-hydrogen) atoms. The van der Waals surface area contributed by atoms with Gasteiger partial charge in [0.1, 0.15) is 3.70 Å². The van der Waals surface area contributed by atoms with Gasteiger partial charge >= 0.3 is 0 Å². The topological polar surface area (TPSA) is 17.8 Å². The van der Waals surface area contributed by atoms with Crippen molar-refractivity contribution in [1.29, 1.82) is 0 Å². The summed E-state index contributed by atoms with van der Waals surface area (Å²) >= 11 is 7.09. The van der Waals surface area contributed by atoms with E-state index < -0.39 is 0 Å². The Hall–Kier alpha value is 0.1000. The molecule has 0 saturated carbocycles. The quantitative estimate of drug-likeness (QED) is 0.383. The van der Waals surface area contributed by atoms with Gasteiger partial charge in [0.25, 0.3) is 0 Å². The van der Waals surface area contributed by atoms with E-state index in [0.717, 1.165) is 9.22 Å². The summed E-state index contributed by atoms with van der Waals surface area (Å²) in [7, 11) is 0. The van der Waals surface area contributed by atoms with Crippen molar-refractivity contribution in [3.05, 3.63) is 53.3 Å². The van der Waals surface area contributed by atoms with Crippen molar-refractivity contribution in [2.75, 3.05) is 0 Å². The number of fused-ring (bicyclic) bond motifs is 1. The second-order valence-electron chi connectivity index (χ2n) is 3.79. The molecule has 1 aromatic heterocycles. The molecule has 2 nitrogen and oxygen atoms in total. The van der Waals surface area contributed by atoms with Gasteiger partial charge in [-0.2, -0.15) is 5.10 Å². The van der Waals surface area contributed by atoms with Crippen molar-refractivity contribution in [2.24, 2.45) is 0 Å². The van der Waals surface area contributed by atoms with Crippen molar-refractivity contribution in [3.8, 4) is 5.69 Å². The minimum atomic E-state index is 1.04. The summed E-state index contributed by atoms with van der Waals surface area (Å²) in [6.45, 7) is 0. The maximum Gasteiger partial charge on any atom is 0.113 e. The number of para-hydroxylation sites is 1. The van der Waals surface area contributed by atoms with E-state index in [4.69, 9.17) is 5.10 Å². The van der Waals surface area contributed by atoms with Gasteiger partial charge in [-0.15, -0.1) is 0 Å². The highest BCUT2D eigenvalue weighted by molar-refractivity contribution is 14.1. The molecule has 3 rings (SSSR count). The van der Waals surface area contributed by atoms with E-state index in [-0.39, 0.29) is 0 Å². The molecular weight excluding hydrogens is 565 g/mol. The monoisotopic (exact) mass is 572 g/mol. The zero-order valence-electron chi connectivity index (χ0n) is 9.07. The summed E-state index contributed by atoms with van der Waals surface area (Å²) in [5.74, 6) is 0. The van der Waals surface area contributed by atoms with Gasteiger partial charge in [-0.1, -0.05) is 24.3 Å². The number of aromatic nitrogens is 2. The molecule has 0 unspecified atom stereocenters. The third kappa shape index (κ3) is 2.17. The van der Waals surface area contributed by atoms with Crippen LogP contribution in [0.1, 0.15) is 0 Å². The summed E-state index contributed by atoms with van der Waals surface area (Å²) in [6, 6.07) is 14.5. The molecule has 0 atom stereocenters. The van der Waals surface area contributed by atoms with Crippen molar-refractivity contribution < 1.29 is 0 Å². The van der Waals surface area contributed by atoms with Crippen molar-refractivity contribution in [3.63, 3.8) is 0 Å². The molecule has 0 aliphatic heterocycles. The van der Waals surface area contributed by atoms with Crippen LogP contribution in [0.5, 0.6) is 0 Å². The SMILES string of the molecule is Ic1cccc(I)c1-n1nc2ccccc2c1I. The lowest BCUT2D eigenvalue weighted by atomic mass is 10.3. The van der Waals surface area contributed by atoms with Gasteiger partial charge < -0.3 is 0 Å². The average molecular weight is 572 g/mol. The van der Waals surface area contributed by atoms with Gasteiger partial charge in [0.05, 0.1) is 11.2 Å². The molecule has 2 aromatic carbocycles. The summed E-state index contributed by atoms with van der Waals surface area (Å²) in [5.41, 5.74) is 2.21. The average Bonchev–Trinajstić information content (AvgIpc) is 2.68. The van der Waals surface area contributed by atoms with E-state index in [9.17, 15) is 0 Å². The van der Waals surface area contributed by atoms with Crippen LogP contribution in [0.25, 0.3) is 16.6 Å². The maximum atomic E-state index is 4.70. The van der Waals surface area contributed by atoms with Gasteiger partial charge in [-0.3, -0.25) is 0 Å². The predicted molar refractivity (Wildman–Crippen MR) is 99.2 cm³/mol. The van der Waals surface area contributed by atoms with Gasteiger partial charge in [-0.05, 0) is 86.0 Å². The molecule has 0 amide bonds. The molecule has 3 aromatic rings. The van der Waals surface area contributed by atoms with Crippen LogP contribution in [-0.2, 0) is 0 Å². The zero-order chi connectivity index (χ0) is 12.7. The van der Waals surface area contributed by atoms with Crippen LogP contribution in [0.2, 0.25) is 0 Å². The lowest BCUT2D eigenvalue weighted by molar-refractivity contribution is 0.863. The number of hydrogen-bond donors (Lipinski definition) is 0. The number of hydrogen-bond acceptors (Lipinski definition) is 1. The first kappa shape index (κ1) is 13.1. The van der Waals surface area contributed by atoms with Gasteiger partial charge in [0, 0.05) is 12.5 Å². The predicted octanol–water partition coefficient (Wildman–Crippen LogP) is 4.84. The lowest BCUT2D eigenvalue weighted by Gasteiger charge is -2.08. The second-order valence-corrected chi connectivity index (χ2v) is 7.14. The van der Waals surface area contributed by atoms with Gasteiger partial charge in [0.15, 0.2) is 0 Å². The van der Waals surface area contributed by atoms with E-state index in [0.29, 0.717) is 0 Å². The largest absolute Gasteiger partial charge is 0.224 e. The Morgan fingerprint density at radius 1 is 0.833 bits per heavy atom. The number of rotatable bonds is 1. The minimum absolute atomic E-state index is 1.04. The first-order chi connectivity index (χ1) is 8.68. The molecule has 0 spiro atoms. The highest BCUT2D eigenvalue weighted by Gasteiger charge is 2.14. The highest BCUT2D eigenvalue weighted by atomic mass is 127. The molecule has 0 N–H and O–H groups in total. The Morgan fingerprint density at radius 3 is 2.17 bits per heavy atom. The van der Waals surface area contributed by atoms with Crippen LogP contribution < -0.4 is 0 Å². The van der Waals surface area contributed by atoms with Crippen molar-refractivity contribution >= 4 is 78.7 Å². The van der Waals surface area contributed by atoms with Gasteiger partial charge in [0.2, 0.25) is 0 Å². The Bertz CT molecular complexity index is 714. The van der Waals surface area contributed by atoms with Crippen molar-refractivity contribution in [1.82, 2.24) is 9.78 Å². The highest BCUT2D eigenvalue weighted by Crippen LogP contribution is 2.28. The summed E-state index contributed by atoms with van der Waals surface area (Å²) in [4.78, 5) is 0.